The van der Waals surface area contributed by atoms with E-state index < -0.39 is 28.4 Å². The number of pyridine rings is 1. The monoisotopic (exact) mass is 415 g/mol. The minimum atomic E-state index is -0.950. The van der Waals surface area contributed by atoms with E-state index in [1.807, 2.05) is 0 Å². The van der Waals surface area contributed by atoms with Crippen LogP contribution in [0.25, 0.3) is 5.76 Å². The van der Waals surface area contributed by atoms with Crippen LogP contribution in [-0.4, -0.2) is 21.5 Å². The lowest BCUT2D eigenvalue weighted by molar-refractivity contribution is -0.384. The molecule has 0 spiro atoms. The Bertz CT molecular complexity index is 1170. The highest BCUT2D eigenvalue weighted by molar-refractivity contribution is 6.46. The number of carbonyl (C=O) groups is 2. The van der Waals surface area contributed by atoms with E-state index in [2.05, 4.69) is 4.98 Å². The molecule has 1 aliphatic rings. The summed E-state index contributed by atoms with van der Waals surface area (Å²) < 4.78 is 0. The topological polar surface area (TPSA) is 118 Å². The molecule has 1 N–H and O–H groups in total. The van der Waals surface area contributed by atoms with Crippen LogP contribution in [0.2, 0.25) is 0 Å². The van der Waals surface area contributed by atoms with E-state index in [-0.39, 0.29) is 17.8 Å². The first-order chi connectivity index (χ1) is 15.0. The van der Waals surface area contributed by atoms with Crippen LogP contribution in [0.3, 0.4) is 0 Å². The smallest absolute Gasteiger partial charge is 0.295 e. The number of nitrogens with one attached hydrogen (secondary N) is 1. The average Bonchev–Trinajstić information content (AvgIpc) is 3.05. The minimum absolute atomic E-state index is 0.0924. The predicted molar refractivity (Wildman–Crippen MR) is 108 cm³/mol. The highest BCUT2D eigenvalue weighted by Gasteiger charge is 2.44. The number of rotatable bonds is 5. The number of aromatic amines is 1. The lowest BCUT2D eigenvalue weighted by Crippen LogP contribution is -2.29. The van der Waals surface area contributed by atoms with Crippen molar-refractivity contribution in [2.24, 2.45) is 0 Å². The fourth-order valence-electron chi connectivity index (χ4n) is 3.63. The summed E-state index contributed by atoms with van der Waals surface area (Å²) in [5, 5.41) is 24.2. The third-order valence-corrected chi connectivity index (χ3v) is 5.11. The molecule has 2 heterocycles. The van der Waals surface area contributed by atoms with E-state index in [0.29, 0.717) is 11.1 Å². The first-order valence-corrected chi connectivity index (χ1v) is 9.48. The van der Waals surface area contributed by atoms with Gasteiger partial charge in [0.1, 0.15) is 0 Å². The fourth-order valence-corrected chi connectivity index (χ4v) is 3.63. The average molecular weight is 415 g/mol. The van der Waals surface area contributed by atoms with E-state index in [4.69, 9.17) is 0 Å². The lowest BCUT2D eigenvalue weighted by atomic mass is 9.95. The van der Waals surface area contributed by atoms with Crippen LogP contribution in [0, 0.1) is 10.1 Å². The van der Waals surface area contributed by atoms with Crippen LogP contribution in [-0.2, 0) is 16.1 Å². The number of hydrogen-bond donors (Lipinski definition) is 0. The van der Waals surface area contributed by atoms with Gasteiger partial charge in [-0.15, -0.1) is 0 Å². The van der Waals surface area contributed by atoms with E-state index in [1.165, 1.54) is 29.2 Å². The molecule has 1 fully saturated rings. The minimum Gasteiger partial charge on any atom is -0.872 e. The first-order valence-electron chi connectivity index (χ1n) is 9.48. The summed E-state index contributed by atoms with van der Waals surface area (Å²) in [5.74, 6) is -2.19. The summed E-state index contributed by atoms with van der Waals surface area (Å²) in [6, 6.07) is 16.4. The Morgan fingerprint density at radius 2 is 1.71 bits per heavy atom. The van der Waals surface area contributed by atoms with Gasteiger partial charge in [0, 0.05) is 29.3 Å². The van der Waals surface area contributed by atoms with Gasteiger partial charge in [-0.05, 0) is 29.3 Å². The molecule has 2 aromatic carbocycles. The second-order valence-electron chi connectivity index (χ2n) is 7.03. The number of carbonyl (C=O) groups excluding carboxylic acids is 2. The third-order valence-electron chi connectivity index (χ3n) is 5.11. The molecule has 3 aromatic rings. The highest BCUT2D eigenvalue weighted by atomic mass is 16.6. The number of nitro benzene ring substituents is 1. The molecule has 0 radical (unpaired) electrons. The number of nitro groups is 1. The van der Waals surface area contributed by atoms with Gasteiger partial charge in [-0.25, -0.2) is 4.98 Å². The molecule has 1 saturated heterocycles. The van der Waals surface area contributed by atoms with Gasteiger partial charge < -0.3 is 10.0 Å². The number of Topliss-reactive ketones (excluding diaryl/α,β-unsaturated/α-hetero) is 1. The van der Waals surface area contributed by atoms with Crippen molar-refractivity contribution in [2.75, 3.05) is 0 Å². The summed E-state index contributed by atoms with van der Waals surface area (Å²) in [5.41, 5.74) is 1.19. The summed E-state index contributed by atoms with van der Waals surface area (Å²) in [7, 11) is 0. The van der Waals surface area contributed by atoms with E-state index in [0.717, 1.165) is 5.56 Å². The number of ketones is 1. The zero-order chi connectivity index (χ0) is 22.0. The van der Waals surface area contributed by atoms with Crippen molar-refractivity contribution in [1.82, 2.24) is 4.90 Å². The van der Waals surface area contributed by atoms with E-state index in [9.17, 15) is 24.8 Å². The number of likely N-dealkylation sites (tertiary alicyclic amines) is 1. The molecule has 1 atom stereocenters. The van der Waals surface area contributed by atoms with Crippen LogP contribution in [0.4, 0.5) is 5.69 Å². The van der Waals surface area contributed by atoms with Crippen molar-refractivity contribution in [2.45, 2.75) is 12.6 Å². The molecular weight excluding hydrogens is 398 g/mol. The maximum absolute atomic E-state index is 13.2. The molecule has 31 heavy (non-hydrogen) atoms. The quantitative estimate of drug-likeness (QED) is 0.207. The Morgan fingerprint density at radius 1 is 1.00 bits per heavy atom. The number of hydrogen-bond acceptors (Lipinski definition) is 5. The van der Waals surface area contributed by atoms with E-state index in [1.54, 1.807) is 54.9 Å². The molecule has 0 aliphatic carbocycles. The number of nitrogens with zero attached hydrogens (tertiary/aromatic N) is 2. The maximum Gasteiger partial charge on any atom is 0.295 e. The van der Waals surface area contributed by atoms with Gasteiger partial charge in [-0.1, -0.05) is 36.1 Å². The molecule has 4 rings (SSSR count). The van der Waals surface area contributed by atoms with Gasteiger partial charge in [0.25, 0.3) is 11.6 Å². The van der Waals surface area contributed by atoms with Gasteiger partial charge in [-0.2, -0.15) is 0 Å². The Kier molecular flexibility index (Phi) is 5.28. The largest absolute Gasteiger partial charge is 0.872 e. The Balaban J connectivity index is 1.85. The van der Waals surface area contributed by atoms with Crippen molar-refractivity contribution in [3.63, 3.8) is 0 Å². The molecule has 1 aromatic heterocycles. The number of benzene rings is 2. The van der Waals surface area contributed by atoms with Crippen molar-refractivity contribution in [3.05, 3.63) is 112 Å². The Hall–Kier alpha value is -4.33. The van der Waals surface area contributed by atoms with Crippen LogP contribution in [0.1, 0.15) is 22.7 Å². The van der Waals surface area contributed by atoms with Crippen molar-refractivity contribution < 1.29 is 24.6 Å². The van der Waals surface area contributed by atoms with Gasteiger partial charge in [0.05, 0.1) is 17.5 Å². The maximum atomic E-state index is 13.2. The highest BCUT2D eigenvalue weighted by Crippen LogP contribution is 2.39. The normalized spacial score (nSPS) is 17.7. The first kappa shape index (κ1) is 20.0. The summed E-state index contributed by atoms with van der Waals surface area (Å²) in [4.78, 5) is 40.5. The molecule has 1 aliphatic heterocycles. The Labute approximate surface area is 177 Å². The van der Waals surface area contributed by atoms with Gasteiger partial charge in [0.15, 0.2) is 12.4 Å². The van der Waals surface area contributed by atoms with Crippen molar-refractivity contribution in [1.29, 1.82) is 0 Å². The Morgan fingerprint density at radius 3 is 2.32 bits per heavy atom. The molecule has 8 heteroatoms. The molecule has 1 amide bonds. The van der Waals surface area contributed by atoms with Crippen LogP contribution >= 0.6 is 0 Å². The van der Waals surface area contributed by atoms with Gasteiger partial charge in [-0.3, -0.25) is 19.7 Å². The molecule has 0 saturated carbocycles. The zero-order valence-electron chi connectivity index (χ0n) is 16.2. The zero-order valence-corrected chi connectivity index (χ0v) is 16.2. The van der Waals surface area contributed by atoms with Crippen molar-refractivity contribution >= 4 is 23.1 Å². The summed E-state index contributed by atoms with van der Waals surface area (Å²) >= 11 is 0. The molecular formula is C23H17N3O5. The van der Waals surface area contributed by atoms with Gasteiger partial charge in [0.2, 0.25) is 5.78 Å². The molecule has 0 bridgehead atoms. The van der Waals surface area contributed by atoms with Crippen LogP contribution < -0.4 is 10.1 Å². The molecule has 1 unspecified atom stereocenters. The summed E-state index contributed by atoms with van der Waals surface area (Å²) in [6.45, 7) is 0.0924. The SMILES string of the molecule is O=C1C(=O)N(Cc2ccc[nH+]c2)C(c2ccc([N+](=O)[O-])cc2)C1=C([O-])c1ccccc1. The van der Waals surface area contributed by atoms with Crippen LogP contribution in [0.5, 0.6) is 0 Å². The van der Waals surface area contributed by atoms with Gasteiger partial charge >= 0.3 is 0 Å². The molecule has 8 nitrogen and oxygen atoms in total. The predicted octanol–water partition coefficient (Wildman–Crippen LogP) is 1.83. The number of amides is 1. The second-order valence-corrected chi connectivity index (χ2v) is 7.03. The number of non-ortho nitro benzene ring substituents is 1. The number of aromatic nitrogens is 1. The standard InChI is InChI=1S/C23H17N3O5/c27-21(17-6-2-1-3-7-17)19-20(16-8-10-18(11-9-16)26(30)31)25(23(29)22(19)28)14-15-5-4-12-24-13-15/h1-13,20,27H,14H2. The third kappa shape index (κ3) is 3.78. The summed E-state index contributed by atoms with van der Waals surface area (Å²) in [6.07, 6.45) is 3.41. The second kappa shape index (κ2) is 8.19. The fraction of sp³-hybridized carbons (Fsp3) is 0.0870. The lowest BCUT2D eigenvalue weighted by Gasteiger charge is -2.27. The molecule has 154 valence electrons. The van der Waals surface area contributed by atoms with Crippen molar-refractivity contribution in [3.8, 4) is 0 Å². The van der Waals surface area contributed by atoms with Crippen LogP contribution in [0.15, 0.2) is 84.7 Å². The number of H-pyrrole nitrogens is 1. The van der Waals surface area contributed by atoms with E-state index >= 15 is 0 Å².